The molecule has 1 aromatic heterocycles. The molecule has 2 heterocycles. The molecule has 2 N–H and O–H groups in total. The third kappa shape index (κ3) is 2.94. The standard InChI is InChI=1S/C18H18FN3S/c19-13-5-6-14-15(11-13)21-12-18(14)23-17-4-2-1-3-16(17)22-9-7-20-8-10-22/h1-6,11-12,20-21H,7-10H2. The Morgan fingerprint density at radius 3 is 2.70 bits per heavy atom. The lowest BCUT2D eigenvalue weighted by molar-refractivity contribution is 0.587. The number of piperazine rings is 1. The van der Waals surface area contributed by atoms with Crippen LogP contribution in [-0.4, -0.2) is 31.2 Å². The lowest BCUT2D eigenvalue weighted by atomic mass is 10.2. The number of anilines is 1. The summed E-state index contributed by atoms with van der Waals surface area (Å²) < 4.78 is 13.3. The van der Waals surface area contributed by atoms with Crippen molar-refractivity contribution in [2.45, 2.75) is 9.79 Å². The average molecular weight is 327 g/mol. The Morgan fingerprint density at radius 2 is 1.83 bits per heavy atom. The van der Waals surface area contributed by atoms with Crippen molar-refractivity contribution in [1.29, 1.82) is 0 Å². The van der Waals surface area contributed by atoms with Crippen LogP contribution in [0.2, 0.25) is 0 Å². The zero-order valence-corrected chi connectivity index (χ0v) is 13.5. The molecule has 0 radical (unpaired) electrons. The van der Waals surface area contributed by atoms with Crippen LogP contribution in [0.1, 0.15) is 0 Å². The number of nitrogens with one attached hydrogen (secondary N) is 2. The lowest BCUT2D eigenvalue weighted by Gasteiger charge is -2.30. The Hall–Kier alpha value is -1.98. The SMILES string of the molecule is Fc1ccc2c(Sc3ccccc3N3CCNCC3)c[nH]c2c1. The van der Waals surface area contributed by atoms with Crippen molar-refractivity contribution in [3.05, 3.63) is 54.5 Å². The van der Waals surface area contributed by atoms with Crippen molar-refractivity contribution < 1.29 is 4.39 Å². The highest BCUT2D eigenvalue weighted by Gasteiger charge is 2.15. The van der Waals surface area contributed by atoms with Crippen LogP contribution in [0.15, 0.2) is 58.5 Å². The van der Waals surface area contributed by atoms with Gasteiger partial charge in [-0.05, 0) is 30.3 Å². The van der Waals surface area contributed by atoms with Crippen LogP contribution in [0, 0.1) is 5.82 Å². The van der Waals surface area contributed by atoms with Crippen molar-refractivity contribution >= 4 is 28.4 Å². The highest BCUT2D eigenvalue weighted by Crippen LogP contribution is 2.38. The van der Waals surface area contributed by atoms with E-state index in [0.29, 0.717) is 0 Å². The maximum atomic E-state index is 13.3. The van der Waals surface area contributed by atoms with Gasteiger partial charge in [0.1, 0.15) is 5.82 Å². The molecule has 3 nitrogen and oxygen atoms in total. The largest absolute Gasteiger partial charge is 0.368 e. The molecular formula is C18H18FN3S. The second kappa shape index (κ2) is 6.26. The molecule has 23 heavy (non-hydrogen) atoms. The Labute approximate surface area is 138 Å². The third-order valence-electron chi connectivity index (χ3n) is 4.15. The molecular weight excluding hydrogens is 309 g/mol. The fourth-order valence-corrected chi connectivity index (χ4v) is 4.08. The molecule has 2 aromatic carbocycles. The summed E-state index contributed by atoms with van der Waals surface area (Å²) in [6.45, 7) is 4.09. The van der Waals surface area contributed by atoms with Crippen molar-refractivity contribution in [3.8, 4) is 0 Å². The number of nitrogens with zero attached hydrogens (tertiary/aromatic N) is 1. The predicted molar refractivity (Wildman–Crippen MR) is 93.9 cm³/mol. The van der Waals surface area contributed by atoms with E-state index in [4.69, 9.17) is 0 Å². The number of H-pyrrole nitrogens is 1. The number of halogens is 1. The number of rotatable bonds is 3. The summed E-state index contributed by atoms with van der Waals surface area (Å²) >= 11 is 1.73. The minimum absolute atomic E-state index is 0.211. The van der Waals surface area contributed by atoms with E-state index >= 15 is 0 Å². The number of fused-ring (bicyclic) bond motifs is 1. The maximum absolute atomic E-state index is 13.3. The van der Waals surface area contributed by atoms with E-state index in [2.05, 4.69) is 39.5 Å². The summed E-state index contributed by atoms with van der Waals surface area (Å²) in [5, 5.41) is 4.45. The van der Waals surface area contributed by atoms with E-state index in [-0.39, 0.29) is 5.82 Å². The van der Waals surface area contributed by atoms with Gasteiger partial charge in [-0.2, -0.15) is 0 Å². The summed E-state index contributed by atoms with van der Waals surface area (Å²) in [5.41, 5.74) is 2.11. The molecule has 5 heteroatoms. The molecule has 4 rings (SSSR count). The first-order chi connectivity index (χ1) is 11.3. The molecule has 0 bridgehead atoms. The number of para-hydroxylation sites is 1. The second-order valence-electron chi connectivity index (χ2n) is 5.65. The Bertz CT molecular complexity index is 824. The first-order valence-corrected chi connectivity index (χ1v) is 8.62. The van der Waals surface area contributed by atoms with Crippen LogP contribution in [0.5, 0.6) is 0 Å². The van der Waals surface area contributed by atoms with E-state index in [0.717, 1.165) is 42.0 Å². The zero-order chi connectivity index (χ0) is 15.6. The molecule has 1 aliphatic rings. The monoisotopic (exact) mass is 327 g/mol. The molecule has 0 aliphatic carbocycles. The average Bonchev–Trinajstić information content (AvgIpc) is 2.98. The molecule has 0 spiro atoms. The number of aromatic amines is 1. The minimum atomic E-state index is -0.211. The fourth-order valence-electron chi connectivity index (χ4n) is 2.99. The highest BCUT2D eigenvalue weighted by molar-refractivity contribution is 7.99. The van der Waals surface area contributed by atoms with Gasteiger partial charge in [-0.3, -0.25) is 0 Å². The number of aromatic nitrogens is 1. The fraction of sp³-hybridized carbons (Fsp3) is 0.222. The van der Waals surface area contributed by atoms with Crippen LogP contribution in [0.4, 0.5) is 10.1 Å². The molecule has 1 saturated heterocycles. The molecule has 0 amide bonds. The van der Waals surface area contributed by atoms with Gasteiger partial charge in [0.2, 0.25) is 0 Å². The second-order valence-corrected chi connectivity index (χ2v) is 6.73. The van der Waals surface area contributed by atoms with Gasteiger partial charge in [-0.15, -0.1) is 0 Å². The Morgan fingerprint density at radius 1 is 1.00 bits per heavy atom. The number of benzene rings is 2. The van der Waals surface area contributed by atoms with Gasteiger partial charge < -0.3 is 15.2 Å². The van der Waals surface area contributed by atoms with Crippen molar-refractivity contribution in [1.82, 2.24) is 10.3 Å². The normalized spacial score (nSPS) is 15.3. The Kier molecular flexibility index (Phi) is 3.97. The van der Waals surface area contributed by atoms with Crippen LogP contribution in [0.3, 0.4) is 0 Å². The summed E-state index contributed by atoms with van der Waals surface area (Å²) in [6.07, 6.45) is 1.96. The van der Waals surface area contributed by atoms with Gasteiger partial charge in [0.15, 0.2) is 0 Å². The smallest absolute Gasteiger partial charge is 0.125 e. The summed E-state index contributed by atoms with van der Waals surface area (Å²) in [5.74, 6) is -0.211. The van der Waals surface area contributed by atoms with Gasteiger partial charge in [0.25, 0.3) is 0 Å². The van der Waals surface area contributed by atoms with Gasteiger partial charge in [-0.25, -0.2) is 4.39 Å². The van der Waals surface area contributed by atoms with E-state index in [1.165, 1.54) is 16.6 Å². The van der Waals surface area contributed by atoms with Crippen molar-refractivity contribution in [2.24, 2.45) is 0 Å². The molecule has 1 aliphatic heterocycles. The lowest BCUT2D eigenvalue weighted by Crippen LogP contribution is -2.43. The minimum Gasteiger partial charge on any atom is -0.368 e. The molecule has 118 valence electrons. The predicted octanol–water partition coefficient (Wildman–Crippen LogP) is 3.87. The first kappa shape index (κ1) is 14.6. The Balaban J connectivity index is 1.68. The first-order valence-electron chi connectivity index (χ1n) is 7.80. The van der Waals surface area contributed by atoms with Gasteiger partial charge in [-0.1, -0.05) is 23.9 Å². The topological polar surface area (TPSA) is 31.1 Å². The molecule has 0 saturated carbocycles. The molecule has 1 fully saturated rings. The third-order valence-corrected chi connectivity index (χ3v) is 5.27. The summed E-state index contributed by atoms with van der Waals surface area (Å²) in [6, 6.07) is 13.4. The molecule has 0 atom stereocenters. The van der Waals surface area contributed by atoms with Crippen LogP contribution in [-0.2, 0) is 0 Å². The van der Waals surface area contributed by atoms with Gasteiger partial charge >= 0.3 is 0 Å². The van der Waals surface area contributed by atoms with Gasteiger partial charge in [0.05, 0.1) is 5.69 Å². The number of hydrogen-bond donors (Lipinski definition) is 2. The van der Waals surface area contributed by atoms with Crippen molar-refractivity contribution in [3.63, 3.8) is 0 Å². The number of hydrogen-bond acceptors (Lipinski definition) is 3. The van der Waals surface area contributed by atoms with Crippen LogP contribution in [0.25, 0.3) is 10.9 Å². The highest BCUT2D eigenvalue weighted by atomic mass is 32.2. The van der Waals surface area contributed by atoms with Crippen LogP contribution < -0.4 is 10.2 Å². The maximum Gasteiger partial charge on any atom is 0.125 e. The van der Waals surface area contributed by atoms with E-state index in [1.54, 1.807) is 17.8 Å². The van der Waals surface area contributed by atoms with E-state index in [1.807, 2.05) is 12.3 Å². The van der Waals surface area contributed by atoms with E-state index < -0.39 is 0 Å². The van der Waals surface area contributed by atoms with Crippen molar-refractivity contribution in [2.75, 3.05) is 31.1 Å². The van der Waals surface area contributed by atoms with Gasteiger partial charge in [0, 0.05) is 53.1 Å². The van der Waals surface area contributed by atoms with Crippen LogP contribution >= 0.6 is 11.8 Å². The molecule has 0 unspecified atom stereocenters. The summed E-state index contributed by atoms with van der Waals surface area (Å²) in [4.78, 5) is 7.95. The summed E-state index contributed by atoms with van der Waals surface area (Å²) in [7, 11) is 0. The van der Waals surface area contributed by atoms with E-state index in [9.17, 15) is 4.39 Å². The zero-order valence-electron chi connectivity index (χ0n) is 12.7. The quantitative estimate of drug-likeness (QED) is 0.766. The molecule has 3 aromatic rings.